The Labute approximate surface area is 64.1 Å². The molecule has 0 heterocycles. The van der Waals surface area contributed by atoms with Crippen LogP contribution < -0.4 is 0 Å². The molecular weight excluding hydrogens is 124 g/mol. The third-order valence-electron chi connectivity index (χ3n) is 1.54. The Morgan fingerprint density at radius 3 is 2.50 bits per heavy atom. The first-order chi connectivity index (χ1) is 4.85. The van der Waals surface area contributed by atoms with Gasteiger partial charge in [-0.1, -0.05) is 20.3 Å². The van der Waals surface area contributed by atoms with Gasteiger partial charge >= 0.3 is 0 Å². The van der Waals surface area contributed by atoms with Crippen LogP contribution >= 0.6 is 0 Å². The molecule has 0 amide bonds. The summed E-state index contributed by atoms with van der Waals surface area (Å²) in [5.41, 5.74) is 0. The predicted octanol–water partition coefficient (Wildman–Crippen LogP) is 3.12. The van der Waals surface area contributed by atoms with Crippen LogP contribution in [0.1, 0.15) is 39.5 Å². The normalized spacial score (nSPS) is 11.7. The molecule has 0 saturated carbocycles. The highest BCUT2D eigenvalue weighted by Gasteiger charge is 1.88. The minimum absolute atomic E-state index is 1.01. The van der Waals surface area contributed by atoms with E-state index in [1.807, 2.05) is 0 Å². The molecule has 0 saturated heterocycles. The number of methoxy groups -OCH3 is 1. The zero-order valence-corrected chi connectivity index (χ0v) is 7.31. The van der Waals surface area contributed by atoms with Crippen LogP contribution in [0.2, 0.25) is 0 Å². The second-order valence-electron chi connectivity index (χ2n) is 2.37. The minimum Gasteiger partial charge on any atom is -0.501 e. The molecular formula is C9H18O. The van der Waals surface area contributed by atoms with E-state index >= 15 is 0 Å². The van der Waals surface area contributed by atoms with Gasteiger partial charge in [0.25, 0.3) is 0 Å². The van der Waals surface area contributed by atoms with Gasteiger partial charge in [0, 0.05) is 6.42 Å². The van der Waals surface area contributed by atoms with Gasteiger partial charge in [0.15, 0.2) is 0 Å². The highest BCUT2D eigenvalue weighted by Crippen LogP contribution is 2.04. The molecule has 0 bridgehead atoms. The molecule has 0 aromatic heterocycles. The van der Waals surface area contributed by atoms with Crippen LogP contribution in [-0.2, 0) is 4.74 Å². The van der Waals surface area contributed by atoms with Crippen LogP contribution in [0.3, 0.4) is 0 Å². The number of ether oxygens (including phenoxy) is 1. The number of allylic oxidation sites excluding steroid dienone is 2. The second kappa shape index (κ2) is 6.66. The second-order valence-corrected chi connectivity index (χ2v) is 2.37. The van der Waals surface area contributed by atoms with Gasteiger partial charge < -0.3 is 4.74 Å². The highest BCUT2D eigenvalue weighted by atomic mass is 16.5. The third-order valence-corrected chi connectivity index (χ3v) is 1.54. The van der Waals surface area contributed by atoms with Crippen LogP contribution in [0.5, 0.6) is 0 Å². The molecule has 0 aliphatic carbocycles. The van der Waals surface area contributed by atoms with Crippen molar-refractivity contribution in [3.8, 4) is 0 Å². The Hall–Kier alpha value is -0.460. The fourth-order valence-corrected chi connectivity index (χ4v) is 0.839. The first kappa shape index (κ1) is 9.54. The van der Waals surface area contributed by atoms with Gasteiger partial charge in [-0.15, -0.1) is 0 Å². The summed E-state index contributed by atoms with van der Waals surface area (Å²) >= 11 is 0. The first-order valence-electron chi connectivity index (χ1n) is 4.08. The quantitative estimate of drug-likeness (QED) is 0.423. The van der Waals surface area contributed by atoms with Gasteiger partial charge in [-0.2, -0.15) is 0 Å². The van der Waals surface area contributed by atoms with Crippen molar-refractivity contribution in [2.45, 2.75) is 39.5 Å². The first-order valence-corrected chi connectivity index (χ1v) is 4.08. The van der Waals surface area contributed by atoms with Crippen LogP contribution in [-0.4, -0.2) is 7.11 Å². The topological polar surface area (TPSA) is 9.23 Å². The van der Waals surface area contributed by atoms with Crippen LogP contribution in [0.25, 0.3) is 0 Å². The van der Waals surface area contributed by atoms with Crippen molar-refractivity contribution in [3.05, 3.63) is 11.8 Å². The molecule has 0 aliphatic rings. The van der Waals surface area contributed by atoms with Gasteiger partial charge in [-0.25, -0.2) is 0 Å². The van der Waals surface area contributed by atoms with E-state index in [1.165, 1.54) is 12.8 Å². The summed E-state index contributed by atoms with van der Waals surface area (Å²) in [6, 6.07) is 0. The average molecular weight is 142 g/mol. The summed E-state index contributed by atoms with van der Waals surface area (Å²) in [6.45, 7) is 4.31. The highest BCUT2D eigenvalue weighted by molar-refractivity contribution is 4.90. The molecule has 10 heavy (non-hydrogen) atoms. The maximum Gasteiger partial charge on any atom is 0.0912 e. The summed E-state index contributed by atoms with van der Waals surface area (Å²) in [4.78, 5) is 0. The van der Waals surface area contributed by atoms with Crippen LogP contribution in [0.15, 0.2) is 11.8 Å². The van der Waals surface area contributed by atoms with E-state index in [0.717, 1.165) is 18.6 Å². The number of hydrogen-bond donors (Lipinski definition) is 0. The fourth-order valence-electron chi connectivity index (χ4n) is 0.839. The smallest absolute Gasteiger partial charge is 0.0912 e. The standard InChI is InChI=1S/C9H18O/c1-4-6-7-8-9(5-2)10-3/h8H,4-7H2,1-3H3. The van der Waals surface area contributed by atoms with E-state index in [4.69, 9.17) is 4.74 Å². The van der Waals surface area contributed by atoms with E-state index in [-0.39, 0.29) is 0 Å². The van der Waals surface area contributed by atoms with Crippen LogP contribution in [0, 0.1) is 0 Å². The molecule has 60 valence electrons. The molecule has 0 aromatic carbocycles. The number of unbranched alkanes of at least 4 members (excludes halogenated alkanes) is 2. The van der Waals surface area contributed by atoms with Gasteiger partial charge in [0.05, 0.1) is 12.9 Å². The molecule has 0 aliphatic heterocycles. The molecule has 0 spiro atoms. The molecule has 0 unspecified atom stereocenters. The monoisotopic (exact) mass is 142 g/mol. The molecule has 0 rings (SSSR count). The van der Waals surface area contributed by atoms with Gasteiger partial charge in [-0.3, -0.25) is 0 Å². The van der Waals surface area contributed by atoms with Crippen molar-refractivity contribution in [1.82, 2.24) is 0 Å². The Bertz CT molecular complexity index is 88.9. The van der Waals surface area contributed by atoms with E-state index in [9.17, 15) is 0 Å². The van der Waals surface area contributed by atoms with Crippen molar-refractivity contribution in [3.63, 3.8) is 0 Å². The van der Waals surface area contributed by atoms with Crippen molar-refractivity contribution in [2.24, 2.45) is 0 Å². The van der Waals surface area contributed by atoms with Crippen molar-refractivity contribution < 1.29 is 4.74 Å². The van der Waals surface area contributed by atoms with E-state index in [1.54, 1.807) is 7.11 Å². The van der Waals surface area contributed by atoms with E-state index in [2.05, 4.69) is 19.9 Å². The Morgan fingerprint density at radius 2 is 2.10 bits per heavy atom. The minimum atomic E-state index is 1.01. The zero-order chi connectivity index (χ0) is 7.82. The van der Waals surface area contributed by atoms with E-state index in [0.29, 0.717) is 0 Å². The fraction of sp³-hybridized carbons (Fsp3) is 0.778. The van der Waals surface area contributed by atoms with Gasteiger partial charge in [0.2, 0.25) is 0 Å². The summed E-state index contributed by atoms with van der Waals surface area (Å²) < 4.78 is 5.11. The summed E-state index contributed by atoms with van der Waals surface area (Å²) in [7, 11) is 1.74. The third kappa shape index (κ3) is 4.42. The predicted molar refractivity (Wildman–Crippen MR) is 44.9 cm³/mol. The summed E-state index contributed by atoms with van der Waals surface area (Å²) in [5, 5.41) is 0. The molecule has 0 aromatic rings. The molecule has 0 radical (unpaired) electrons. The number of hydrogen-bond acceptors (Lipinski definition) is 1. The Kier molecular flexibility index (Phi) is 6.35. The zero-order valence-electron chi connectivity index (χ0n) is 7.31. The Morgan fingerprint density at radius 1 is 1.40 bits per heavy atom. The van der Waals surface area contributed by atoms with Gasteiger partial charge in [0.1, 0.15) is 0 Å². The lowest BCUT2D eigenvalue weighted by atomic mass is 10.2. The molecule has 0 atom stereocenters. The average Bonchev–Trinajstić information content (AvgIpc) is 1.99. The van der Waals surface area contributed by atoms with Crippen molar-refractivity contribution in [2.75, 3.05) is 7.11 Å². The van der Waals surface area contributed by atoms with Crippen LogP contribution in [0.4, 0.5) is 0 Å². The molecule has 0 fully saturated rings. The van der Waals surface area contributed by atoms with Crippen molar-refractivity contribution in [1.29, 1.82) is 0 Å². The largest absolute Gasteiger partial charge is 0.501 e. The SMILES string of the molecule is CCCCC=C(CC)OC. The molecule has 0 N–H and O–H groups in total. The molecule has 1 nitrogen and oxygen atoms in total. The van der Waals surface area contributed by atoms with Gasteiger partial charge in [-0.05, 0) is 18.9 Å². The van der Waals surface area contributed by atoms with Crippen molar-refractivity contribution >= 4 is 0 Å². The maximum absolute atomic E-state index is 5.11. The summed E-state index contributed by atoms with van der Waals surface area (Å²) in [5.74, 6) is 1.12. The summed E-state index contributed by atoms with van der Waals surface area (Å²) in [6.07, 6.45) is 6.89. The lowest BCUT2D eigenvalue weighted by molar-refractivity contribution is 0.278. The maximum atomic E-state index is 5.11. The lowest BCUT2D eigenvalue weighted by Crippen LogP contribution is -1.83. The molecule has 1 heteroatoms. The number of rotatable bonds is 5. The lowest BCUT2D eigenvalue weighted by Gasteiger charge is -2.00. The van der Waals surface area contributed by atoms with E-state index < -0.39 is 0 Å². The Balaban J connectivity index is 3.43.